The highest BCUT2D eigenvalue weighted by Gasteiger charge is 2.06. The van der Waals surface area contributed by atoms with E-state index in [4.69, 9.17) is 21.1 Å². The summed E-state index contributed by atoms with van der Waals surface area (Å²) in [5.74, 6) is 1.28. The Kier molecular flexibility index (Phi) is 8.50. The molecule has 0 spiro atoms. The van der Waals surface area contributed by atoms with Crippen LogP contribution in [0.2, 0.25) is 5.02 Å². The molecule has 0 aliphatic rings. The molecule has 0 radical (unpaired) electrons. The van der Waals surface area contributed by atoms with Gasteiger partial charge < -0.3 is 9.47 Å². The Bertz CT molecular complexity index is 1050. The molecular formula is C24H22BrClN2O3. The van der Waals surface area contributed by atoms with Crippen LogP contribution in [0.3, 0.4) is 0 Å². The van der Waals surface area contributed by atoms with E-state index in [1.54, 1.807) is 6.21 Å². The summed E-state index contributed by atoms with van der Waals surface area (Å²) in [5.41, 5.74) is 5.16. The van der Waals surface area contributed by atoms with Crippen LogP contribution >= 0.6 is 27.5 Å². The number of nitrogens with one attached hydrogen (secondary N) is 1. The van der Waals surface area contributed by atoms with Crippen molar-refractivity contribution in [2.24, 2.45) is 5.10 Å². The van der Waals surface area contributed by atoms with Crippen molar-refractivity contribution in [1.29, 1.82) is 0 Å². The number of nitrogens with zero attached hydrogens (tertiary/aromatic N) is 1. The van der Waals surface area contributed by atoms with E-state index in [-0.39, 0.29) is 12.3 Å². The molecule has 3 aromatic rings. The second-order valence-corrected chi connectivity index (χ2v) is 7.88. The Labute approximate surface area is 195 Å². The molecule has 0 atom stereocenters. The first kappa shape index (κ1) is 22.8. The smallest absolute Gasteiger partial charge is 0.244 e. The number of carbonyl (C=O) groups is 1. The normalized spacial score (nSPS) is 10.8. The monoisotopic (exact) mass is 500 g/mol. The van der Waals surface area contributed by atoms with Crippen molar-refractivity contribution in [2.75, 3.05) is 6.61 Å². The molecule has 160 valence electrons. The van der Waals surface area contributed by atoms with E-state index in [0.29, 0.717) is 24.0 Å². The quantitative estimate of drug-likeness (QED) is 0.299. The van der Waals surface area contributed by atoms with Crippen LogP contribution in [0, 0.1) is 0 Å². The SMILES string of the molecule is CCOc1ccc(CC(=O)N/N=C/c2ccc(OCc3ccccc3Cl)c(Br)c2)cc1. The lowest BCUT2D eigenvalue weighted by Crippen LogP contribution is -2.19. The van der Waals surface area contributed by atoms with Crippen LogP contribution < -0.4 is 14.9 Å². The fourth-order valence-electron chi connectivity index (χ4n) is 2.76. The van der Waals surface area contributed by atoms with E-state index in [1.165, 1.54) is 0 Å². The summed E-state index contributed by atoms with van der Waals surface area (Å²) in [6.45, 7) is 2.91. The van der Waals surface area contributed by atoms with Crippen molar-refractivity contribution in [2.45, 2.75) is 20.0 Å². The predicted octanol–water partition coefficient (Wildman–Crippen LogP) is 5.77. The number of benzene rings is 3. The minimum absolute atomic E-state index is 0.195. The Morgan fingerprint density at radius 1 is 1.10 bits per heavy atom. The number of halogens is 2. The lowest BCUT2D eigenvalue weighted by molar-refractivity contribution is -0.120. The Morgan fingerprint density at radius 3 is 2.58 bits per heavy atom. The second kappa shape index (κ2) is 11.5. The number of rotatable bonds is 9. The summed E-state index contributed by atoms with van der Waals surface area (Å²) in [6.07, 6.45) is 1.82. The fourth-order valence-corrected chi connectivity index (χ4v) is 3.46. The van der Waals surface area contributed by atoms with Crippen LogP contribution in [-0.4, -0.2) is 18.7 Å². The molecule has 3 aromatic carbocycles. The number of hydrogen-bond acceptors (Lipinski definition) is 4. The molecule has 0 saturated carbocycles. The molecule has 0 bridgehead atoms. The lowest BCUT2D eigenvalue weighted by atomic mass is 10.1. The number of hydrazone groups is 1. The first-order chi connectivity index (χ1) is 15.0. The van der Waals surface area contributed by atoms with Gasteiger partial charge in [0.25, 0.3) is 0 Å². The van der Waals surface area contributed by atoms with Crippen LogP contribution in [0.1, 0.15) is 23.6 Å². The van der Waals surface area contributed by atoms with E-state index in [2.05, 4.69) is 26.5 Å². The van der Waals surface area contributed by atoms with Gasteiger partial charge in [0.1, 0.15) is 18.1 Å². The van der Waals surface area contributed by atoms with Gasteiger partial charge in [-0.1, -0.05) is 41.9 Å². The first-order valence-electron chi connectivity index (χ1n) is 9.74. The molecule has 0 saturated heterocycles. The van der Waals surface area contributed by atoms with Gasteiger partial charge in [0.2, 0.25) is 5.91 Å². The first-order valence-corrected chi connectivity index (χ1v) is 10.9. The van der Waals surface area contributed by atoms with Crippen LogP contribution in [0.25, 0.3) is 0 Å². The average Bonchev–Trinajstić information content (AvgIpc) is 2.76. The molecular weight excluding hydrogens is 480 g/mol. The van der Waals surface area contributed by atoms with Gasteiger partial charge in [-0.25, -0.2) is 5.43 Å². The molecule has 0 aliphatic heterocycles. The van der Waals surface area contributed by atoms with Gasteiger partial charge in [-0.15, -0.1) is 0 Å². The van der Waals surface area contributed by atoms with Crippen molar-refractivity contribution in [3.63, 3.8) is 0 Å². The molecule has 3 rings (SSSR count). The van der Waals surface area contributed by atoms with Gasteiger partial charge in [-0.05, 0) is 70.4 Å². The van der Waals surface area contributed by atoms with Gasteiger partial charge >= 0.3 is 0 Å². The van der Waals surface area contributed by atoms with Crippen LogP contribution in [-0.2, 0) is 17.8 Å². The molecule has 1 amide bonds. The fraction of sp³-hybridized carbons (Fsp3) is 0.167. The number of hydrogen-bond donors (Lipinski definition) is 1. The molecule has 0 unspecified atom stereocenters. The topological polar surface area (TPSA) is 59.9 Å². The minimum atomic E-state index is -0.195. The summed E-state index contributed by atoms with van der Waals surface area (Å²) >= 11 is 9.66. The van der Waals surface area contributed by atoms with Crippen molar-refractivity contribution >= 4 is 39.7 Å². The predicted molar refractivity (Wildman–Crippen MR) is 127 cm³/mol. The van der Waals surface area contributed by atoms with Crippen LogP contribution in [0.5, 0.6) is 11.5 Å². The summed E-state index contributed by atoms with van der Waals surface area (Å²) in [5, 5.41) is 4.70. The molecule has 1 N–H and O–H groups in total. The average molecular weight is 502 g/mol. The third-order valence-corrected chi connectivity index (χ3v) is 5.29. The zero-order valence-corrected chi connectivity index (χ0v) is 19.3. The molecule has 0 heterocycles. The van der Waals surface area contributed by atoms with Crippen molar-refractivity contribution in [3.05, 3.63) is 92.9 Å². The maximum absolute atomic E-state index is 12.1. The molecule has 5 nitrogen and oxygen atoms in total. The largest absolute Gasteiger partial charge is 0.494 e. The van der Waals surface area contributed by atoms with Gasteiger partial charge in [0, 0.05) is 10.6 Å². The maximum atomic E-state index is 12.1. The summed E-state index contributed by atoms with van der Waals surface area (Å²) in [7, 11) is 0. The molecule has 31 heavy (non-hydrogen) atoms. The van der Waals surface area contributed by atoms with Gasteiger partial charge in [0.15, 0.2) is 0 Å². The van der Waals surface area contributed by atoms with E-state index in [9.17, 15) is 4.79 Å². The molecule has 0 aromatic heterocycles. The van der Waals surface area contributed by atoms with Crippen LogP contribution in [0.15, 0.2) is 76.3 Å². The third-order valence-electron chi connectivity index (χ3n) is 4.30. The number of carbonyl (C=O) groups excluding carboxylic acids is 1. The highest BCUT2D eigenvalue weighted by atomic mass is 79.9. The van der Waals surface area contributed by atoms with E-state index in [0.717, 1.165) is 26.9 Å². The molecule has 0 aliphatic carbocycles. The van der Waals surface area contributed by atoms with E-state index < -0.39 is 0 Å². The lowest BCUT2D eigenvalue weighted by Gasteiger charge is -2.10. The van der Waals surface area contributed by atoms with Gasteiger partial charge in [-0.3, -0.25) is 4.79 Å². The Balaban J connectivity index is 1.50. The van der Waals surface area contributed by atoms with Crippen LogP contribution in [0.4, 0.5) is 0 Å². The number of ether oxygens (including phenoxy) is 2. The van der Waals surface area contributed by atoms with Crippen molar-refractivity contribution < 1.29 is 14.3 Å². The summed E-state index contributed by atoms with van der Waals surface area (Å²) in [6, 6.07) is 20.6. The zero-order chi connectivity index (χ0) is 22.1. The van der Waals surface area contributed by atoms with Crippen molar-refractivity contribution in [3.8, 4) is 11.5 Å². The molecule has 0 fully saturated rings. The number of amides is 1. The molecule has 7 heteroatoms. The summed E-state index contributed by atoms with van der Waals surface area (Å²) in [4.78, 5) is 12.1. The highest BCUT2D eigenvalue weighted by Crippen LogP contribution is 2.27. The zero-order valence-electron chi connectivity index (χ0n) is 17.0. The van der Waals surface area contributed by atoms with Gasteiger partial charge in [-0.2, -0.15) is 5.10 Å². The Hall–Kier alpha value is -2.83. The standard InChI is InChI=1S/C24H22BrClN2O3/c1-2-30-20-10-7-17(8-11-20)14-24(29)28-27-15-18-9-12-23(21(25)13-18)31-16-19-5-3-4-6-22(19)26/h3-13,15H,2,14,16H2,1H3,(H,28,29)/b27-15+. The van der Waals surface area contributed by atoms with E-state index in [1.807, 2.05) is 73.7 Å². The van der Waals surface area contributed by atoms with Crippen molar-refractivity contribution in [1.82, 2.24) is 5.43 Å². The highest BCUT2D eigenvalue weighted by molar-refractivity contribution is 9.10. The third kappa shape index (κ3) is 7.12. The minimum Gasteiger partial charge on any atom is -0.494 e. The van der Waals surface area contributed by atoms with Gasteiger partial charge in [0.05, 0.1) is 23.7 Å². The second-order valence-electron chi connectivity index (χ2n) is 6.62. The maximum Gasteiger partial charge on any atom is 0.244 e. The Morgan fingerprint density at radius 2 is 1.87 bits per heavy atom. The summed E-state index contributed by atoms with van der Waals surface area (Å²) < 4.78 is 12.0. The van der Waals surface area contributed by atoms with E-state index >= 15 is 0 Å².